The maximum atomic E-state index is 12.4. The molecule has 1 N–H and O–H groups in total. The molecule has 0 saturated carbocycles. The fourth-order valence-corrected chi connectivity index (χ4v) is 3.17. The third-order valence-electron chi connectivity index (χ3n) is 4.76. The quantitative estimate of drug-likeness (QED) is 0.867. The number of nitrogens with zero attached hydrogens (tertiary/aromatic N) is 1. The van der Waals surface area contributed by atoms with Gasteiger partial charge in [-0.3, -0.25) is 9.59 Å². The van der Waals surface area contributed by atoms with Crippen LogP contribution in [0.4, 0.5) is 0 Å². The lowest BCUT2D eigenvalue weighted by Crippen LogP contribution is -2.49. The first-order valence-corrected chi connectivity index (χ1v) is 8.65. The molecule has 0 bridgehead atoms. The van der Waals surface area contributed by atoms with E-state index in [9.17, 15) is 14.7 Å². The zero-order chi connectivity index (χ0) is 17.7. The monoisotopic (exact) mass is 333 g/mol. The van der Waals surface area contributed by atoms with E-state index in [0.29, 0.717) is 25.5 Å². The van der Waals surface area contributed by atoms with Crippen molar-refractivity contribution in [2.24, 2.45) is 5.92 Å². The maximum absolute atomic E-state index is 12.4. The van der Waals surface area contributed by atoms with E-state index in [-0.39, 0.29) is 18.4 Å². The summed E-state index contributed by atoms with van der Waals surface area (Å²) in [6.45, 7) is 7.03. The topological polar surface area (TPSA) is 66.8 Å². The molecule has 1 heterocycles. The average Bonchev–Trinajstić information content (AvgIpc) is 2.55. The third kappa shape index (κ3) is 4.49. The van der Waals surface area contributed by atoms with Gasteiger partial charge in [0.2, 0.25) is 5.91 Å². The fraction of sp³-hybridized carbons (Fsp3) is 0.579. The van der Waals surface area contributed by atoms with Gasteiger partial charge in [0.15, 0.2) is 0 Å². The van der Waals surface area contributed by atoms with E-state index in [1.54, 1.807) is 4.90 Å². The van der Waals surface area contributed by atoms with Gasteiger partial charge in [0.05, 0.1) is 18.9 Å². The summed E-state index contributed by atoms with van der Waals surface area (Å²) in [5.74, 6) is -0.0911. The molecule has 1 aromatic rings. The van der Waals surface area contributed by atoms with Gasteiger partial charge in [-0.25, -0.2) is 0 Å². The summed E-state index contributed by atoms with van der Waals surface area (Å²) in [6.07, 6.45) is 1.64. The molecule has 1 aliphatic rings. The van der Waals surface area contributed by atoms with Crippen LogP contribution in [-0.2, 0) is 9.59 Å². The first kappa shape index (κ1) is 18.3. The summed E-state index contributed by atoms with van der Waals surface area (Å²) in [7, 11) is 0. The van der Waals surface area contributed by atoms with Gasteiger partial charge in [-0.2, -0.15) is 0 Å². The molecule has 0 spiro atoms. The minimum atomic E-state index is -0.818. The van der Waals surface area contributed by atoms with Crippen molar-refractivity contribution in [2.75, 3.05) is 13.2 Å². The summed E-state index contributed by atoms with van der Waals surface area (Å²) < 4.78 is 5.65. The van der Waals surface area contributed by atoms with E-state index in [4.69, 9.17) is 4.74 Å². The van der Waals surface area contributed by atoms with Crippen LogP contribution in [0.3, 0.4) is 0 Å². The van der Waals surface area contributed by atoms with E-state index in [1.165, 1.54) is 5.56 Å². The lowest BCUT2D eigenvalue weighted by Gasteiger charge is -2.37. The highest BCUT2D eigenvalue weighted by atomic mass is 16.5. The van der Waals surface area contributed by atoms with Crippen molar-refractivity contribution in [1.29, 1.82) is 0 Å². The van der Waals surface area contributed by atoms with Gasteiger partial charge >= 0.3 is 5.97 Å². The standard InChI is InChI=1S/C19H27NO4/c1-13(2)15-6-8-16(9-7-15)24-12-10-18(21)20-11-4-5-17(14(20)3)19(22)23/h6-9,13-14,17H,4-5,10-12H2,1-3H3,(H,22,23)/t14-,17-/m0/s1. The van der Waals surface area contributed by atoms with Crippen LogP contribution in [0.25, 0.3) is 0 Å². The highest BCUT2D eigenvalue weighted by Gasteiger charge is 2.34. The maximum Gasteiger partial charge on any atom is 0.308 e. The molecule has 0 aromatic heterocycles. The Balaban J connectivity index is 1.83. The molecule has 2 atom stereocenters. The highest BCUT2D eigenvalue weighted by Crippen LogP contribution is 2.24. The Bertz CT molecular complexity index is 567. The summed E-state index contributed by atoms with van der Waals surface area (Å²) in [5, 5.41) is 9.23. The van der Waals surface area contributed by atoms with Crippen LogP contribution >= 0.6 is 0 Å². The SMILES string of the molecule is CC(C)c1ccc(OCCC(=O)N2CCC[C@H](C(=O)O)[C@@H]2C)cc1. The zero-order valence-electron chi connectivity index (χ0n) is 14.7. The van der Waals surface area contributed by atoms with Crippen LogP contribution in [0.15, 0.2) is 24.3 Å². The predicted molar refractivity (Wildman–Crippen MR) is 92.2 cm³/mol. The Morgan fingerprint density at radius 3 is 2.54 bits per heavy atom. The van der Waals surface area contributed by atoms with E-state index in [2.05, 4.69) is 13.8 Å². The average molecular weight is 333 g/mol. The molecule has 1 aliphatic heterocycles. The summed E-state index contributed by atoms with van der Waals surface area (Å²) in [6, 6.07) is 7.65. The number of aliphatic carboxylic acids is 1. The normalized spacial score (nSPS) is 20.9. The minimum Gasteiger partial charge on any atom is -0.493 e. The van der Waals surface area contributed by atoms with Crippen LogP contribution in [0.2, 0.25) is 0 Å². The highest BCUT2D eigenvalue weighted by molar-refractivity contribution is 5.78. The van der Waals surface area contributed by atoms with Crippen molar-refractivity contribution >= 4 is 11.9 Å². The molecule has 0 aliphatic carbocycles. The second-order valence-corrected chi connectivity index (χ2v) is 6.74. The van der Waals surface area contributed by atoms with Crippen molar-refractivity contribution in [3.8, 4) is 5.75 Å². The van der Waals surface area contributed by atoms with Crippen LogP contribution in [0.1, 0.15) is 51.5 Å². The molecule has 1 fully saturated rings. The number of carbonyl (C=O) groups is 2. The molecular weight excluding hydrogens is 306 g/mol. The third-order valence-corrected chi connectivity index (χ3v) is 4.76. The fourth-order valence-electron chi connectivity index (χ4n) is 3.17. The molecule has 1 saturated heterocycles. The number of hydrogen-bond acceptors (Lipinski definition) is 3. The number of carboxylic acid groups (broad SMARTS) is 1. The second kappa shape index (κ2) is 8.18. The van der Waals surface area contributed by atoms with Crippen LogP contribution < -0.4 is 4.74 Å². The first-order valence-electron chi connectivity index (χ1n) is 8.65. The zero-order valence-corrected chi connectivity index (χ0v) is 14.7. The van der Waals surface area contributed by atoms with Gasteiger partial charge in [-0.05, 0) is 43.4 Å². The Kier molecular flexibility index (Phi) is 6.23. The van der Waals surface area contributed by atoms with E-state index in [1.807, 2.05) is 31.2 Å². The smallest absolute Gasteiger partial charge is 0.308 e. The van der Waals surface area contributed by atoms with Crippen molar-refractivity contribution in [2.45, 2.75) is 52.0 Å². The van der Waals surface area contributed by atoms with Gasteiger partial charge in [0.1, 0.15) is 5.75 Å². The summed E-state index contributed by atoms with van der Waals surface area (Å²) in [5.41, 5.74) is 1.25. The van der Waals surface area contributed by atoms with E-state index < -0.39 is 11.9 Å². The molecule has 0 unspecified atom stereocenters. The lowest BCUT2D eigenvalue weighted by atomic mass is 9.90. The van der Waals surface area contributed by atoms with Gasteiger partial charge in [0, 0.05) is 12.6 Å². The van der Waals surface area contributed by atoms with E-state index in [0.717, 1.165) is 12.2 Å². The molecule has 5 nitrogen and oxygen atoms in total. The van der Waals surface area contributed by atoms with Crippen LogP contribution in [0.5, 0.6) is 5.75 Å². The molecule has 2 rings (SSSR count). The number of rotatable bonds is 6. The molecular formula is C19H27NO4. The van der Waals surface area contributed by atoms with Gasteiger partial charge in [0.25, 0.3) is 0 Å². The lowest BCUT2D eigenvalue weighted by molar-refractivity contribution is -0.149. The molecule has 0 radical (unpaired) electrons. The number of carbonyl (C=O) groups excluding carboxylic acids is 1. The minimum absolute atomic E-state index is 0.0350. The Hall–Kier alpha value is -2.04. The number of likely N-dealkylation sites (tertiary alicyclic amines) is 1. The number of benzene rings is 1. The Morgan fingerprint density at radius 1 is 1.29 bits per heavy atom. The molecule has 132 valence electrons. The molecule has 1 amide bonds. The van der Waals surface area contributed by atoms with Gasteiger partial charge < -0.3 is 14.7 Å². The predicted octanol–water partition coefficient (Wildman–Crippen LogP) is 3.29. The number of hydrogen-bond donors (Lipinski definition) is 1. The number of ether oxygens (including phenoxy) is 1. The molecule has 5 heteroatoms. The molecule has 1 aromatic carbocycles. The van der Waals surface area contributed by atoms with Crippen molar-refractivity contribution in [1.82, 2.24) is 4.90 Å². The van der Waals surface area contributed by atoms with Gasteiger partial charge in [-0.1, -0.05) is 26.0 Å². The van der Waals surface area contributed by atoms with Crippen molar-refractivity contribution in [3.05, 3.63) is 29.8 Å². The van der Waals surface area contributed by atoms with Gasteiger partial charge in [-0.15, -0.1) is 0 Å². The van der Waals surface area contributed by atoms with Crippen LogP contribution in [0, 0.1) is 5.92 Å². The van der Waals surface area contributed by atoms with Crippen LogP contribution in [-0.4, -0.2) is 41.1 Å². The van der Waals surface area contributed by atoms with E-state index >= 15 is 0 Å². The van der Waals surface area contributed by atoms with Crippen molar-refractivity contribution < 1.29 is 19.4 Å². The summed E-state index contributed by atoms with van der Waals surface area (Å²) in [4.78, 5) is 25.3. The second-order valence-electron chi connectivity index (χ2n) is 6.74. The number of carboxylic acids is 1. The molecule has 24 heavy (non-hydrogen) atoms. The Labute approximate surface area is 143 Å². The Morgan fingerprint density at radius 2 is 1.96 bits per heavy atom. The summed E-state index contributed by atoms with van der Waals surface area (Å²) >= 11 is 0. The number of piperidine rings is 1. The first-order chi connectivity index (χ1) is 11.4. The largest absolute Gasteiger partial charge is 0.493 e. The van der Waals surface area contributed by atoms with Crippen molar-refractivity contribution in [3.63, 3.8) is 0 Å². The number of amides is 1.